The lowest BCUT2D eigenvalue weighted by molar-refractivity contribution is 0.474. The van der Waals surface area contributed by atoms with Crippen molar-refractivity contribution in [2.24, 2.45) is 5.10 Å². The van der Waals surface area contributed by atoms with Crippen molar-refractivity contribution in [2.45, 2.75) is 13.8 Å². The summed E-state index contributed by atoms with van der Waals surface area (Å²) in [6.45, 7) is 3.87. The van der Waals surface area contributed by atoms with Crippen molar-refractivity contribution in [3.63, 3.8) is 0 Å². The summed E-state index contributed by atoms with van der Waals surface area (Å²) in [6, 6.07) is 5.00. The van der Waals surface area contributed by atoms with E-state index in [1.165, 1.54) is 28.6 Å². The van der Waals surface area contributed by atoms with Gasteiger partial charge in [0.25, 0.3) is 5.56 Å². The first-order valence-corrected chi connectivity index (χ1v) is 8.08. The van der Waals surface area contributed by atoms with Crippen molar-refractivity contribution in [2.75, 3.05) is 0 Å². The fraction of sp³-hybridized carbons (Fsp3) is 0.133. The Balaban J connectivity index is 2.09. The van der Waals surface area contributed by atoms with Gasteiger partial charge in [-0.3, -0.25) is 4.79 Å². The van der Waals surface area contributed by atoms with Crippen molar-refractivity contribution in [3.05, 3.63) is 55.4 Å². The van der Waals surface area contributed by atoms with Crippen LogP contribution in [0.25, 0.3) is 10.2 Å². The number of hydrogen-bond acceptors (Lipinski definition) is 5. The number of halogens is 1. The number of rotatable bonds is 2. The molecular formula is C15H12BrN3O2S. The van der Waals surface area contributed by atoms with E-state index in [-0.39, 0.29) is 11.3 Å². The van der Waals surface area contributed by atoms with Crippen LogP contribution in [-0.4, -0.2) is 21.0 Å². The molecule has 112 valence electrons. The van der Waals surface area contributed by atoms with Gasteiger partial charge in [-0.1, -0.05) is 15.9 Å². The number of hydrogen-bond donors (Lipinski definition) is 1. The Kier molecular flexibility index (Phi) is 3.84. The largest absolute Gasteiger partial charge is 0.507 e. The number of thiophene rings is 1. The third-order valence-corrected chi connectivity index (χ3v) is 4.99. The summed E-state index contributed by atoms with van der Waals surface area (Å²) in [5.74, 6) is 0.0941. The first-order chi connectivity index (χ1) is 10.5. The van der Waals surface area contributed by atoms with Crippen molar-refractivity contribution in [1.29, 1.82) is 0 Å². The van der Waals surface area contributed by atoms with Gasteiger partial charge in [-0.2, -0.15) is 9.78 Å². The molecule has 0 aliphatic carbocycles. The third-order valence-electron chi connectivity index (χ3n) is 3.38. The molecular weight excluding hydrogens is 366 g/mol. The van der Waals surface area contributed by atoms with Crippen LogP contribution in [0.5, 0.6) is 5.75 Å². The van der Waals surface area contributed by atoms with Crippen molar-refractivity contribution < 1.29 is 5.11 Å². The molecule has 0 aliphatic heterocycles. The molecule has 0 bridgehead atoms. The van der Waals surface area contributed by atoms with Crippen LogP contribution in [0, 0.1) is 13.8 Å². The molecule has 2 heterocycles. The predicted molar refractivity (Wildman–Crippen MR) is 92.2 cm³/mol. The molecule has 0 aliphatic rings. The fourth-order valence-corrected chi connectivity index (χ4v) is 3.43. The maximum absolute atomic E-state index is 12.5. The van der Waals surface area contributed by atoms with E-state index in [0.29, 0.717) is 10.9 Å². The van der Waals surface area contributed by atoms with E-state index in [0.717, 1.165) is 19.7 Å². The van der Waals surface area contributed by atoms with Crippen molar-refractivity contribution in [3.8, 4) is 5.75 Å². The smallest absolute Gasteiger partial charge is 0.282 e. The molecule has 1 aromatic carbocycles. The lowest BCUT2D eigenvalue weighted by Crippen LogP contribution is -2.16. The van der Waals surface area contributed by atoms with Crippen LogP contribution in [-0.2, 0) is 0 Å². The molecule has 1 N–H and O–H groups in total. The Labute approximate surface area is 138 Å². The zero-order valence-corrected chi connectivity index (χ0v) is 14.3. The highest BCUT2D eigenvalue weighted by molar-refractivity contribution is 9.10. The van der Waals surface area contributed by atoms with E-state index >= 15 is 0 Å². The molecule has 3 rings (SSSR count). The lowest BCUT2D eigenvalue weighted by Gasteiger charge is -2.01. The third kappa shape index (κ3) is 2.57. The van der Waals surface area contributed by atoms with Gasteiger partial charge < -0.3 is 5.11 Å². The normalized spacial score (nSPS) is 11.6. The predicted octanol–water partition coefficient (Wildman–Crippen LogP) is 3.43. The van der Waals surface area contributed by atoms with Crippen molar-refractivity contribution >= 4 is 43.7 Å². The number of phenols is 1. The summed E-state index contributed by atoms with van der Waals surface area (Å²) < 4.78 is 2.00. The molecule has 0 saturated heterocycles. The van der Waals surface area contributed by atoms with Gasteiger partial charge in [0, 0.05) is 14.9 Å². The summed E-state index contributed by atoms with van der Waals surface area (Å²) in [5.41, 5.74) is 1.24. The number of aromatic nitrogens is 2. The minimum absolute atomic E-state index is 0.0941. The van der Waals surface area contributed by atoms with Gasteiger partial charge >= 0.3 is 0 Å². The molecule has 0 amide bonds. The number of nitrogens with zero attached hydrogens (tertiary/aromatic N) is 3. The van der Waals surface area contributed by atoms with Crippen LogP contribution < -0.4 is 5.56 Å². The lowest BCUT2D eigenvalue weighted by atomic mass is 10.2. The van der Waals surface area contributed by atoms with Crippen LogP contribution in [0.2, 0.25) is 0 Å². The second kappa shape index (κ2) is 5.66. The van der Waals surface area contributed by atoms with E-state index in [1.54, 1.807) is 18.2 Å². The highest BCUT2D eigenvalue weighted by atomic mass is 79.9. The maximum atomic E-state index is 12.5. The average Bonchev–Trinajstić information content (AvgIpc) is 2.77. The van der Waals surface area contributed by atoms with Gasteiger partial charge in [0.1, 0.15) is 16.9 Å². The Morgan fingerprint density at radius 1 is 1.41 bits per heavy atom. The zero-order chi connectivity index (χ0) is 15.9. The second-order valence-corrected chi connectivity index (χ2v) is 6.92. The summed E-state index contributed by atoms with van der Waals surface area (Å²) in [6.07, 6.45) is 2.83. The number of phenolic OH excluding ortho intramolecular Hbond substituents is 1. The van der Waals surface area contributed by atoms with E-state index in [4.69, 9.17) is 0 Å². The molecule has 0 atom stereocenters. The summed E-state index contributed by atoms with van der Waals surface area (Å²) in [7, 11) is 0. The number of benzene rings is 1. The molecule has 0 radical (unpaired) electrons. The molecule has 22 heavy (non-hydrogen) atoms. The van der Waals surface area contributed by atoms with Gasteiger partial charge in [-0.25, -0.2) is 4.98 Å². The molecule has 0 spiro atoms. The van der Waals surface area contributed by atoms with E-state index in [2.05, 4.69) is 26.0 Å². The highest BCUT2D eigenvalue weighted by Gasteiger charge is 2.11. The van der Waals surface area contributed by atoms with E-state index < -0.39 is 0 Å². The Hall–Kier alpha value is -1.99. The Morgan fingerprint density at radius 2 is 2.18 bits per heavy atom. The SMILES string of the molecule is Cc1sc2ncn(N=Cc3cc(Br)ccc3O)c(=O)c2c1C. The topological polar surface area (TPSA) is 67.5 Å². The molecule has 7 heteroatoms. The quantitative estimate of drug-likeness (QED) is 0.695. The van der Waals surface area contributed by atoms with Gasteiger partial charge in [0.05, 0.1) is 11.6 Å². The summed E-state index contributed by atoms with van der Waals surface area (Å²) in [5, 5.41) is 14.5. The second-order valence-electron chi connectivity index (χ2n) is 4.81. The van der Waals surface area contributed by atoms with Gasteiger partial charge in [0.15, 0.2) is 0 Å². The fourth-order valence-electron chi connectivity index (χ4n) is 2.06. The number of aryl methyl sites for hydroxylation is 2. The van der Waals surface area contributed by atoms with Crippen LogP contribution >= 0.6 is 27.3 Å². The molecule has 3 aromatic rings. The molecule has 2 aromatic heterocycles. The highest BCUT2D eigenvalue weighted by Crippen LogP contribution is 2.25. The standard InChI is InChI=1S/C15H12BrN3O2S/c1-8-9(2)22-14-13(8)15(21)19(7-17-14)18-6-10-5-11(16)3-4-12(10)20/h3-7,20H,1-2H3. The molecule has 0 saturated carbocycles. The van der Waals surface area contributed by atoms with E-state index in [1.807, 2.05) is 13.8 Å². The van der Waals surface area contributed by atoms with Crippen LogP contribution in [0.1, 0.15) is 16.0 Å². The minimum atomic E-state index is -0.211. The summed E-state index contributed by atoms with van der Waals surface area (Å²) >= 11 is 4.83. The summed E-state index contributed by atoms with van der Waals surface area (Å²) in [4.78, 5) is 18.5. The minimum Gasteiger partial charge on any atom is -0.507 e. The maximum Gasteiger partial charge on any atom is 0.282 e. The number of fused-ring (bicyclic) bond motifs is 1. The number of aromatic hydroxyl groups is 1. The van der Waals surface area contributed by atoms with Gasteiger partial charge in [0.2, 0.25) is 0 Å². The first-order valence-electron chi connectivity index (χ1n) is 6.47. The Morgan fingerprint density at radius 3 is 2.95 bits per heavy atom. The van der Waals surface area contributed by atoms with Crippen LogP contribution in [0.15, 0.2) is 38.9 Å². The zero-order valence-electron chi connectivity index (χ0n) is 11.9. The van der Waals surface area contributed by atoms with Crippen LogP contribution in [0.4, 0.5) is 0 Å². The van der Waals surface area contributed by atoms with E-state index in [9.17, 15) is 9.90 Å². The monoisotopic (exact) mass is 377 g/mol. The molecule has 0 fully saturated rings. The van der Waals surface area contributed by atoms with Gasteiger partial charge in [-0.15, -0.1) is 11.3 Å². The van der Waals surface area contributed by atoms with Gasteiger partial charge in [-0.05, 0) is 37.6 Å². The average molecular weight is 378 g/mol. The molecule has 5 nitrogen and oxygen atoms in total. The Bertz CT molecular complexity index is 959. The van der Waals surface area contributed by atoms with Crippen molar-refractivity contribution in [1.82, 2.24) is 9.66 Å². The molecule has 0 unspecified atom stereocenters. The van der Waals surface area contributed by atoms with Crippen LogP contribution in [0.3, 0.4) is 0 Å². The first kappa shape index (κ1) is 14.9.